The van der Waals surface area contributed by atoms with E-state index in [2.05, 4.69) is 31.1 Å². The summed E-state index contributed by atoms with van der Waals surface area (Å²) in [7, 11) is 0. The highest BCUT2D eigenvalue weighted by molar-refractivity contribution is 7.09. The van der Waals surface area contributed by atoms with E-state index in [0.29, 0.717) is 5.92 Å². The minimum atomic E-state index is -0.0171. The Morgan fingerprint density at radius 3 is 2.88 bits per heavy atom. The van der Waals surface area contributed by atoms with E-state index in [4.69, 9.17) is 5.73 Å². The van der Waals surface area contributed by atoms with Crippen LogP contribution in [-0.2, 0) is 6.42 Å². The Morgan fingerprint density at radius 2 is 2.31 bits per heavy atom. The first kappa shape index (κ1) is 12.1. The van der Waals surface area contributed by atoms with E-state index in [0.717, 1.165) is 24.5 Å². The topological polar surface area (TPSA) is 38.9 Å². The lowest BCUT2D eigenvalue weighted by atomic mass is 9.69. The van der Waals surface area contributed by atoms with Crippen molar-refractivity contribution in [1.29, 1.82) is 0 Å². The molecule has 2 rings (SSSR count). The van der Waals surface area contributed by atoms with E-state index in [-0.39, 0.29) is 5.54 Å². The molecule has 1 aliphatic rings. The molecule has 0 amide bonds. The summed E-state index contributed by atoms with van der Waals surface area (Å²) in [5.41, 5.74) is 7.68. The maximum absolute atomic E-state index is 6.57. The molecule has 1 aromatic heterocycles. The molecule has 0 aromatic carbocycles. The molecule has 2 nitrogen and oxygen atoms in total. The van der Waals surface area contributed by atoms with Crippen molar-refractivity contribution >= 4 is 11.3 Å². The van der Waals surface area contributed by atoms with Gasteiger partial charge in [0.15, 0.2) is 0 Å². The van der Waals surface area contributed by atoms with Crippen molar-refractivity contribution in [3.63, 3.8) is 0 Å². The van der Waals surface area contributed by atoms with E-state index in [1.165, 1.54) is 17.8 Å². The SMILES string of the molecule is Cc1csc(CC2(N)CCC(C)CC2C)n1. The van der Waals surface area contributed by atoms with Gasteiger partial charge in [-0.15, -0.1) is 11.3 Å². The number of aryl methyl sites for hydroxylation is 1. The molecular formula is C13H22N2S. The molecule has 0 radical (unpaired) electrons. The average molecular weight is 238 g/mol. The van der Waals surface area contributed by atoms with Crippen LogP contribution in [0.3, 0.4) is 0 Å². The smallest absolute Gasteiger partial charge is 0.0946 e. The van der Waals surface area contributed by atoms with E-state index >= 15 is 0 Å². The molecule has 3 atom stereocenters. The van der Waals surface area contributed by atoms with Gasteiger partial charge in [0.2, 0.25) is 0 Å². The van der Waals surface area contributed by atoms with Crippen LogP contribution in [0.4, 0.5) is 0 Å². The van der Waals surface area contributed by atoms with Crippen LogP contribution in [0.15, 0.2) is 5.38 Å². The lowest BCUT2D eigenvalue weighted by Crippen LogP contribution is -2.51. The van der Waals surface area contributed by atoms with Crippen molar-refractivity contribution in [2.24, 2.45) is 17.6 Å². The van der Waals surface area contributed by atoms with Crippen LogP contribution in [0, 0.1) is 18.8 Å². The summed E-state index contributed by atoms with van der Waals surface area (Å²) in [5, 5.41) is 3.33. The van der Waals surface area contributed by atoms with Crippen LogP contribution in [0.5, 0.6) is 0 Å². The fourth-order valence-electron chi connectivity index (χ4n) is 2.75. The second-order valence-corrected chi connectivity index (χ2v) is 6.52. The zero-order valence-electron chi connectivity index (χ0n) is 10.5. The van der Waals surface area contributed by atoms with Crippen LogP contribution in [0.1, 0.15) is 43.8 Å². The summed E-state index contributed by atoms with van der Waals surface area (Å²) >= 11 is 1.75. The standard InChI is InChI=1S/C13H22N2S/c1-9-4-5-13(14,10(2)6-9)7-12-15-11(3)8-16-12/h8-10H,4-7,14H2,1-3H3. The van der Waals surface area contributed by atoms with Crippen molar-refractivity contribution in [2.45, 2.75) is 52.0 Å². The van der Waals surface area contributed by atoms with Gasteiger partial charge in [-0.3, -0.25) is 0 Å². The van der Waals surface area contributed by atoms with Crippen molar-refractivity contribution in [3.8, 4) is 0 Å². The molecule has 3 heteroatoms. The molecule has 1 heterocycles. The predicted octanol–water partition coefficient (Wildman–Crippen LogP) is 3.15. The Labute approximate surface area is 102 Å². The lowest BCUT2D eigenvalue weighted by molar-refractivity contribution is 0.163. The molecule has 2 N–H and O–H groups in total. The minimum Gasteiger partial charge on any atom is -0.324 e. The Balaban J connectivity index is 2.07. The predicted molar refractivity (Wildman–Crippen MR) is 69.7 cm³/mol. The molecule has 0 aliphatic heterocycles. The molecule has 3 unspecified atom stereocenters. The van der Waals surface area contributed by atoms with Gasteiger partial charge in [-0.2, -0.15) is 0 Å². The molecule has 0 spiro atoms. The zero-order chi connectivity index (χ0) is 11.8. The zero-order valence-corrected chi connectivity index (χ0v) is 11.3. The molecule has 16 heavy (non-hydrogen) atoms. The quantitative estimate of drug-likeness (QED) is 0.859. The first-order valence-corrected chi connectivity index (χ1v) is 7.07. The monoisotopic (exact) mass is 238 g/mol. The second kappa shape index (κ2) is 4.46. The van der Waals surface area contributed by atoms with E-state index < -0.39 is 0 Å². The second-order valence-electron chi connectivity index (χ2n) is 5.57. The number of rotatable bonds is 2. The van der Waals surface area contributed by atoms with Crippen molar-refractivity contribution in [2.75, 3.05) is 0 Å². The first-order chi connectivity index (χ1) is 7.49. The summed E-state index contributed by atoms with van der Waals surface area (Å²) in [6.45, 7) is 6.69. The lowest BCUT2D eigenvalue weighted by Gasteiger charge is -2.41. The van der Waals surface area contributed by atoms with Crippen LogP contribution in [-0.4, -0.2) is 10.5 Å². The summed E-state index contributed by atoms with van der Waals surface area (Å²) in [6, 6.07) is 0. The third-order valence-electron chi connectivity index (χ3n) is 3.99. The van der Waals surface area contributed by atoms with Gasteiger partial charge >= 0.3 is 0 Å². The number of thiazole rings is 1. The Kier molecular flexibility index (Phi) is 3.36. The summed E-state index contributed by atoms with van der Waals surface area (Å²) in [4.78, 5) is 4.54. The highest BCUT2D eigenvalue weighted by Gasteiger charge is 2.37. The van der Waals surface area contributed by atoms with Crippen LogP contribution in [0.25, 0.3) is 0 Å². The Hall–Kier alpha value is -0.410. The normalized spacial score (nSPS) is 35.2. The molecule has 1 aliphatic carbocycles. The highest BCUT2D eigenvalue weighted by atomic mass is 32.1. The van der Waals surface area contributed by atoms with Gasteiger partial charge in [0.05, 0.1) is 5.01 Å². The molecule has 0 saturated heterocycles. The fourth-order valence-corrected chi connectivity index (χ4v) is 3.65. The molecule has 0 bridgehead atoms. The number of nitrogens with zero attached hydrogens (tertiary/aromatic N) is 1. The van der Waals surface area contributed by atoms with E-state index in [1.54, 1.807) is 11.3 Å². The maximum atomic E-state index is 6.57. The van der Waals surface area contributed by atoms with Crippen molar-refractivity contribution < 1.29 is 0 Å². The van der Waals surface area contributed by atoms with E-state index in [1.807, 2.05) is 0 Å². The van der Waals surface area contributed by atoms with Gasteiger partial charge in [0.1, 0.15) is 0 Å². The highest BCUT2D eigenvalue weighted by Crippen LogP contribution is 2.37. The number of nitrogens with two attached hydrogens (primary N) is 1. The average Bonchev–Trinajstić information content (AvgIpc) is 2.59. The van der Waals surface area contributed by atoms with Crippen molar-refractivity contribution in [3.05, 3.63) is 16.1 Å². The number of hydrogen-bond acceptors (Lipinski definition) is 3. The Morgan fingerprint density at radius 1 is 1.56 bits per heavy atom. The number of aromatic nitrogens is 1. The van der Waals surface area contributed by atoms with Gasteiger partial charge < -0.3 is 5.73 Å². The van der Waals surface area contributed by atoms with Crippen molar-refractivity contribution in [1.82, 2.24) is 4.98 Å². The maximum Gasteiger partial charge on any atom is 0.0946 e. The first-order valence-electron chi connectivity index (χ1n) is 6.19. The van der Waals surface area contributed by atoms with Gasteiger partial charge in [-0.05, 0) is 38.0 Å². The molecule has 1 fully saturated rings. The largest absolute Gasteiger partial charge is 0.324 e. The molecule has 90 valence electrons. The Bertz CT molecular complexity index is 361. The fraction of sp³-hybridized carbons (Fsp3) is 0.769. The van der Waals surface area contributed by atoms with Crippen LogP contribution >= 0.6 is 11.3 Å². The van der Waals surface area contributed by atoms with Gasteiger partial charge in [-0.25, -0.2) is 4.98 Å². The summed E-state index contributed by atoms with van der Waals surface area (Å²) in [6.07, 6.45) is 4.64. The minimum absolute atomic E-state index is 0.0171. The number of hydrogen-bond donors (Lipinski definition) is 1. The van der Waals surface area contributed by atoms with Crippen LogP contribution in [0.2, 0.25) is 0 Å². The third-order valence-corrected chi connectivity index (χ3v) is 4.95. The summed E-state index contributed by atoms with van der Waals surface area (Å²) in [5.74, 6) is 1.45. The van der Waals surface area contributed by atoms with Gasteiger partial charge in [0, 0.05) is 23.0 Å². The summed E-state index contributed by atoms with van der Waals surface area (Å²) < 4.78 is 0. The van der Waals surface area contributed by atoms with E-state index in [9.17, 15) is 0 Å². The van der Waals surface area contributed by atoms with Gasteiger partial charge in [-0.1, -0.05) is 13.8 Å². The third kappa shape index (κ3) is 2.46. The molecule has 1 aromatic rings. The van der Waals surface area contributed by atoms with Crippen LogP contribution < -0.4 is 5.73 Å². The van der Waals surface area contributed by atoms with Gasteiger partial charge in [0.25, 0.3) is 0 Å². The molecular weight excluding hydrogens is 216 g/mol. The molecule has 1 saturated carbocycles.